The molecule has 0 radical (unpaired) electrons. The van der Waals surface area contributed by atoms with Crippen molar-refractivity contribution in [3.63, 3.8) is 0 Å². The molecule has 1 aliphatic rings. The largest absolute Gasteiger partial charge is 0.398 e. The van der Waals surface area contributed by atoms with Crippen LogP contribution in [0.15, 0.2) is 17.0 Å². The van der Waals surface area contributed by atoms with Crippen LogP contribution in [0, 0.1) is 13.8 Å². The molecule has 1 saturated carbocycles. The molecule has 1 aromatic carbocycles. The van der Waals surface area contributed by atoms with Crippen LogP contribution in [-0.2, 0) is 10.0 Å². The summed E-state index contributed by atoms with van der Waals surface area (Å²) in [5, 5.41) is 0. The third-order valence-corrected chi connectivity index (χ3v) is 5.94. The number of sulfonamides is 1. The highest BCUT2D eigenvalue weighted by atomic mass is 32.2. The zero-order chi connectivity index (χ0) is 15.0. The van der Waals surface area contributed by atoms with Crippen LogP contribution in [0.2, 0.25) is 0 Å². The summed E-state index contributed by atoms with van der Waals surface area (Å²) in [6.07, 6.45) is 5.13. The fourth-order valence-electron chi connectivity index (χ4n) is 2.95. The lowest BCUT2D eigenvalue weighted by Crippen LogP contribution is -2.47. The van der Waals surface area contributed by atoms with Gasteiger partial charge >= 0.3 is 0 Å². The maximum Gasteiger partial charge on any atom is 0.241 e. The average molecular weight is 296 g/mol. The maximum atomic E-state index is 12.7. The molecule has 1 aliphatic carbocycles. The van der Waals surface area contributed by atoms with E-state index in [-0.39, 0.29) is 5.54 Å². The Morgan fingerprint density at radius 1 is 1.15 bits per heavy atom. The second-order valence-corrected chi connectivity index (χ2v) is 7.85. The highest BCUT2D eigenvalue weighted by molar-refractivity contribution is 7.89. The van der Waals surface area contributed by atoms with Gasteiger partial charge in [-0.15, -0.1) is 0 Å². The Bertz CT molecular complexity index is 603. The number of hydrogen-bond acceptors (Lipinski definition) is 3. The summed E-state index contributed by atoms with van der Waals surface area (Å²) >= 11 is 0. The van der Waals surface area contributed by atoms with Crippen molar-refractivity contribution in [3.05, 3.63) is 23.3 Å². The molecule has 1 fully saturated rings. The first kappa shape index (κ1) is 15.3. The Balaban J connectivity index is 2.36. The van der Waals surface area contributed by atoms with Gasteiger partial charge in [-0.1, -0.05) is 19.3 Å². The van der Waals surface area contributed by atoms with Crippen LogP contribution in [0.1, 0.15) is 50.2 Å². The molecule has 3 N–H and O–H groups in total. The van der Waals surface area contributed by atoms with Crippen molar-refractivity contribution in [2.45, 2.75) is 63.3 Å². The summed E-state index contributed by atoms with van der Waals surface area (Å²) in [6.45, 7) is 5.61. The summed E-state index contributed by atoms with van der Waals surface area (Å²) in [5.74, 6) is 0. The second-order valence-electron chi connectivity index (χ2n) is 6.20. The summed E-state index contributed by atoms with van der Waals surface area (Å²) < 4.78 is 28.2. The number of nitrogen functional groups attached to an aromatic ring is 1. The lowest BCUT2D eigenvalue weighted by molar-refractivity contribution is 0.294. The van der Waals surface area contributed by atoms with Gasteiger partial charge in [0.25, 0.3) is 0 Å². The number of anilines is 1. The number of aryl methyl sites for hydroxylation is 1. The molecule has 0 spiro atoms. The Kier molecular flexibility index (Phi) is 4.12. The average Bonchev–Trinajstić information content (AvgIpc) is 2.33. The Morgan fingerprint density at radius 3 is 2.35 bits per heavy atom. The van der Waals surface area contributed by atoms with Gasteiger partial charge in [0.05, 0.1) is 4.90 Å². The van der Waals surface area contributed by atoms with E-state index >= 15 is 0 Å². The lowest BCUT2D eigenvalue weighted by Gasteiger charge is -2.34. The maximum absolute atomic E-state index is 12.7. The third-order valence-electron chi connectivity index (χ3n) is 4.17. The van der Waals surface area contributed by atoms with E-state index in [1.54, 1.807) is 19.1 Å². The van der Waals surface area contributed by atoms with Gasteiger partial charge < -0.3 is 5.73 Å². The molecule has 0 bridgehead atoms. The molecule has 0 atom stereocenters. The summed E-state index contributed by atoms with van der Waals surface area (Å²) in [4.78, 5) is 0.307. The van der Waals surface area contributed by atoms with Gasteiger partial charge in [-0.25, -0.2) is 13.1 Å². The van der Waals surface area contributed by atoms with Crippen LogP contribution in [0.25, 0.3) is 0 Å². The van der Waals surface area contributed by atoms with E-state index in [1.165, 1.54) is 6.42 Å². The second kappa shape index (κ2) is 5.37. The number of hydrogen-bond donors (Lipinski definition) is 2. The van der Waals surface area contributed by atoms with Crippen molar-refractivity contribution in [1.29, 1.82) is 0 Å². The van der Waals surface area contributed by atoms with E-state index in [2.05, 4.69) is 4.72 Å². The number of benzene rings is 1. The minimum atomic E-state index is -3.52. The summed E-state index contributed by atoms with van der Waals surface area (Å²) in [6, 6.07) is 3.50. The van der Waals surface area contributed by atoms with Crippen LogP contribution in [-0.4, -0.2) is 14.0 Å². The molecular weight excluding hydrogens is 272 g/mol. The van der Waals surface area contributed by atoms with Gasteiger partial charge in [-0.3, -0.25) is 0 Å². The molecule has 0 saturated heterocycles. The first-order valence-corrected chi connectivity index (χ1v) is 8.63. The van der Waals surface area contributed by atoms with E-state index in [4.69, 9.17) is 5.73 Å². The topological polar surface area (TPSA) is 72.2 Å². The van der Waals surface area contributed by atoms with Crippen molar-refractivity contribution < 1.29 is 8.42 Å². The van der Waals surface area contributed by atoms with E-state index in [0.717, 1.165) is 31.2 Å². The fourth-order valence-corrected chi connectivity index (χ4v) is 4.77. The predicted octanol–water partition coefficient (Wildman–Crippen LogP) is 2.89. The van der Waals surface area contributed by atoms with E-state index in [0.29, 0.717) is 16.1 Å². The highest BCUT2D eigenvalue weighted by Crippen LogP contribution is 2.31. The van der Waals surface area contributed by atoms with Crippen molar-refractivity contribution >= 4 is 15.7 Å². The van der Waals surface area contributed by atoms with Gasteiger partial charge in [0.1, 0.15) is 0 Å². The van der Waals surface area contributed by atoms with Gasteiger partial charge in [0.2, 0.25) is 10.0 Å². The molecule has 0 aliphatic heterocycles. The molecule has 0 unspecified atom stereocenters. The molecule has 1 aromatic rings. The molecule has 4 nitrogen and oxygen atoms in total. The lowest BCUT2D eigenvalue weighted by atomic mass is 9.84. The van der Waals surface area contributed by atoms with Crippen LogP contribution in [0.3, 0.4) is 0 Å². The number of rotatable bonds is 3. The van der Waals surface area contributed by atoms with Crippen LogP contribution >= 0.6 is 0 Å². The van der Waals surface area contributed by atoms with Gasteiger partial charge in [-0.2, -0.15) is 0 Å². The monoisotopic (exact) mass is 296 g/mol. The molecule has 0 aromatic heterocycles. The first-order chi connectivity index (χ1) is 9.23. The molecule has 5 heteroatoms. The van der Waals surface area contributed by atoms with Crippen molar-refractivity contribution in [1.82, 2.24) is 4.72 Å². The molecular formula is C15H24N2O2S. The predicted molar refractivity (Wildman–Crippen MR) is 82.1 cm³/mol. The van der Waals surface area contributed by atoms with Gasteiger partial charge in [-0.05, 0) is 56.9 Å². The zero-order valence-electron chi connectivity index (χ0n) is 12.5. The smallest absolute Gasteiger partial charge is 0.241 e. The van der Waals surface area contributed by atoms with E-state index < -0.39 is 10.0 Å². The fraction of sp³-hybridized carbons (Fsp3) is 0.600. The standard InChI is InChI=1S/C15H24N2O2S/c1-11-9-13(16)12(2)14(10-11)20(18,19)17-15(3)7-5-4-6-8-15/h9-10,17H,4-8,16H2,1-3H3. The molecule has 0 amide bonds. The third kappa shape index (κ3) is 3.15. The van der Waals surface area contributed by atoms with Crippen molar-refractivity contribution in [2.75, 3.05) is 5.73 Å². The van der Waals surface area contributed by atoms with Gasteiger partial charge in [0, 0.05) is 11.2 Å². The Labute approximate surface area is 121 Å². The van der Waals surface area contributed by atoms with Crippen LogP contribution < -0.4 is 10.5 Å². The quantitative estimate of drug-likeness (QED) is 0.842. The first-order valence-electron chi connectivity index (χ1n) is 7.14. The summed E-state index contributed by atoms with van der Waals surface area (Å²) in [5.41, 5.74) is 7.58. The molecule has 2 rings (SSSR count). The van der Waals surface area contributed by atoms with Gasteiger partial charge in [0.15, 0.2) is 0 Å². The highest BCUT2D eigenvalue weighted by Gasteiger charge is 2.32. The zero-order valence-corrected chi connectivity index (χ0v) is 13.3. The Hall–Kier alpha value is -1.07. The normalized spacial score (nSPS) is 18.9. The van der Waals surface area contributed by atoms with E-state index in [1.807, 2.05) is 13.8 Å². The SMILES string of the molecule is Cc1cc(N)c(C)c(S(=O)(=O)NC2(C)CCCCC2)c1. The number of nitrogens with one attached hydrogen (secondary N) is 1. The molecule has 0 heterocycles. The van der Waals surface area contributed by atoms with Crippen LogP contribution in [0.4, 0.5) is 5.69 Å². The minimum absolute atomic E-state index is 0.307. The molecule has 112 valence electrons. The number of nitrogens with two attached hydrogens (primary N) is 1. The Morgan fingerprint density at radius 2 is 1.75 bits per heavy atom. The summed E-state index contributed by atoms with van der Waals surface area (Å²) in [7, 11) is -3.52. The van der Waals surface area contributed by atoms with E-state index in [9.17, 15) is 8.42 Å². The van der Waals surface area contributed by atoms with Crippen LogP contribution in [0.5, 0.6) is 0 Å². The molecule has 20 heavy (non-hydrogen) atoms. The van der Waals surface area contributed by atoms with Crippen molar-refractivity contribution in [3.8, 4) is 0 Å². The van der Waals surface area contributed by atoms with Crippen molar-refractivity contribution in [2.24, 2.45) is 0 Å². The minimum Gasteiger partial charge on any atom is -0.398 e.